The third-order valence-electron chi connectivity index (χ3n) is 3.61. The molecule has 1 saturated heterocycles. The summed E-state index contributed by atoms with van der Waals surface area (Å²) in [7, 11) is 0. The van der Waals surface area contributed by atoms with E-state index in [1.54, 1.807) is 6.20 Å². The molecule has 0 bridgehead atoms. The molecule has 1 atom stereocenters. The highest BCUT2D eigenvalue weighted by Gasteiger charge is 2.22. The minimum absolute atomic E-state index is 0.280. The van der Waals surface area contributed by atoms with Crippen molar-refractivity contribution in [3.05, 3.63) is 23.2 Å². The number of nitrogens with zero attached hydrogens (tertiary/aromatic N) is 3. The molecule has 0 spiro atoms. The van der Waals surface area contributed by atoms with Crippen molar-refractivity contribution in [2.24, 2.45) is 5.92 Å². The van der Waals surface area contributed by atoms with Gasteiger partial charge in [-0.2, -0.15) is 0 Å². The van der Waals surface area contributed by atoms with Crippen molar-refractivity contribution in [3.8, 4) is 0 Å². The lowest BCUT2D eigenvalue weighted by Gasteiger charge is -2.32. The lowest BCUT2D eigenvalue weighted by atomic mass is 9.98. The van der Waals surface area contributed by atoms with Crippen molar-refractivity contribution >= 4 is 17.7 Å². The Morgan fingerprint density at radius 1 is 1.52 bits per heavy atom. The summed E-state index contributed by atoms with van der Waals surface area (Å²) < 4.78 is 5.27. The molecule has 1 amide bonds. The number of alkyl carbamates (subject to hydrolysis) is 1. The van der Waals surface area contributed by atoms with E-state index in [4.69, 9.17) is 16.3 Å². The van der Waals surface area contributed by atoms with Crippen LogP contribution in [-0.2, 0) is 11.3 Å². The zero-order valence-corrected chi connectivity index (χ0v) is 14.8. The van der Waals surface area contributed by atoms with Gasteiger partial charge in [0.2, 0.25) is 5.28 Å². The van der Waals surface area contributed by atoms with Crippen molar-refractivity contribution in [2.45, 2.75) is 45.8 Å². The first-order chi connectivity index (χ1) is 10.8. The molecule has 1 aliphatic rings. The number of nitrogens with one attached hydrogen (secondary N) is 1. The van der Waals surface area contributed by atoms with Gasteiger partial charge in [0.1, 0.15) is 5.60 Å². The Hall–Kier alpha value is -1.40. The molecule has 0 aliphatic carbocycles. The van der Waals surface area contributed by atoms with Crippen LogP contribution in [-0.4, -0.2) is 46.2 Å². The molecule has 128 valence electrons. The standard InChI is InChI=1S/C16H25ClN4O2/c1-16(2,3)23-15(22)19-9-12-5-4-8-21(10-12)11-13-6-7-18-14(17)20-13/h6-7,12H,4-5,8-11H2,1-3H3,(H,19,22). The van der Waals surface area contributed by atoms with Crippen LogP contribution in [0.15, 0.2) is 12.3 Å². The van der Waals surface area contributed by atoms with E-state index in [-0.39, 0.29) is 11.4 Å². The van der Waals surface area contributed by atoms with Gasteiger partial charge >= 0.3 is 6.09 Å². The Balaban J connectivity index is 1.78. The fourth-order valence-electron chi connectivity index (χ4n) is 2.69. The van der Waals surface area contributed by atoms with Crippen LogP contribution in [0.3, 0.4) is 0 Å². The van der Waals surface area contributed by atoms with Gasteiger partial charge in [0.05, 0.1) is 5.69 Å². The van der Waals surface area contributed by atoms with Gasteiger partial charge in [0, 0.05) is 25.8 Å². The maximum Gasteiger partial charge on any atom is 0.407 e. The summed E-state index contributed by atoms with van der Waals surface area (Å²) in [6.45, 7) is 8.94. The van der Waals surface area contributed by atoms with Gasteiger partial charge in [0.15, 0.2) is 0 Å². The van der Waals surface area contributed by atoms with E-state index in [1.165, 1.54) is 0 Å². The summed E-state index contributed by atoms with van der Waals surface area (Å²) in [5.41, 5.74) is 0.459. The summed E-state index contributed by atoms with van der Waals surface area (Å²) in [6, 6.07) is 1.88. The number of carbonyl (C=O) groups excluding carboxylic acids is 1. The van der Waals surface area contributed by atoms with E-state index in [0.29, 0.717) is 12.5 Å². The number of likely N-dealkylation sites (tertiary alicyclic amines) is 1. The maximum absolute atomic E-state index is 11.7. The van der Waals surface area contributed by atoms with Gasteiger partial charge < -0.3 is 10.1 Å². The molecule has 1 aromatic rings. The fraction of sp³-hybridized carbons (Fsp3) is 0.688. The first kappa shape index (κ1) is 17.9. The van der Waals surface area contributed by atoms with Crippen molar-refractivity contribution in [3.63, 3.8) is 0 Å². The topological polar surface area (TPSA) is 67.3 Å². The van der Waals surface area contributed by atoms with E-state index in [9.17, 15) is 4.79 Å². The van der Waals surface area contributed by atoms with Crippen LogP contribution in [0.2, 0.25) is 5.28 Å². The number of amides is 1. The molecule has 6 nitrogen and oxygen atoms in total. The van der Waals surface area contributed by atoms with Gasteiger partial charge in [-0.25, -0.2) is 14.8 Å². The molecule has 1 unspecified atom stereocenters. The normalized spacial score (nSPS) is 19.4. The zero-order valence-electron chi connectivity index (χ0n) is 14.0. The minimum atomic E-state index is -0.463. The number of hydrogen-bond donors (Lipinski definition) is 1. The second-order valence-electron chi connectivity index (χ2n) is 6.94. The maximum atomic E-state index is 11.7. The molecule has 1 aliphatic heterocycles. The lowest BCUT2D eigenvalue weighted by molar-refractivity contribution is 0.0506. The van der Waals surface area contributed by atoms with Crippen LogP contribution in [0.25, 0.3) is 0 Å². The first-order valence-corrected chi connectivity index (χ1v) is 8.36. The van der Waals surface area contributed by atoms with Crippen molar-refractivity contribution in [1.82, 2.24) is 20.2 Å². The Bertz CT molecular complexity index is 533. The van der Waals surface area contributed by atoms with Crippen LogP contribution in [0.5, 0.6) is 0 Å². The number of carbonyl (C=O) groups is 1. The Kier molecular flexibility index (Phi) is 6.18. The first-order valence-electron chi connectivity index (χ1n) is 7.98. The van der Waals surface area contributed by atoms with Crippen LogP contribution in [0.4, 0.5) is 4.79 Å². The quantitative estimate of drug-likeness (QED) is 0.854. The predicted molar refractivity (Wildman–Crippen MR) is 89.3 cm³/mol. The summed E-state index contributed by atoms with van der Waals surface area (Å²) in [4.78, 5) is 22.2. The second-order valence-corrected chi connectivity index (χ2v) is 7.28. The zero-order chi connectivity index (χ0) is 16.9. The molecule has 2 rings (SSSR count). The number of halogens is 1. The average molecular weight is 341 g/mol. The summed E-state index contributed by atoms with van der Waals surface area (Å²) >= 11 is 5.83. The summed E-state index contributed by atoms with van der Waals surface area (Å²) in [6.07, 6.45) is 3.55. The second kappa shape index (κ2) is 7.93. The molecular weight excluding hydrogens is 316 g/mol. The summed E-state index contributed by atoms with van der Waals surface area (Å²) in [5, 5.41) is 3.15. The average Bonchev–Trinajstić information content (AvgIpc) is 2.44. The molecule has 0 saturated carbocycles. The number of ether oxygens (including phenoxy) is 1. The Morgan fingerprint density at radius 2 is 2.30 bits per heavy atom. The van der Waals surface area contributed by atoms with E-state index < -0.39 is 5.60 Å². The molecule has 1 N–H and O–H groups in total. The van der Waals surface area contributed by atoms with Crippen LogP contribution in [0.1, 0.15) is 39.3 Å². The van der Waals surface area contributed by atoms with Crippen molar-refractivity contribution in [1.29, 1.82) is 0 Å². The fourth-order valence-corrected chi connectivity index (χ4v) is 2.85. The predicted octanol–water partition coefficient (Wildman–Crippen LogP) is 2.87. The smallest absolute Gasteiger partial charge is 0.407 e. The van der Waals surface area contributed by atoms with Crippen molar-refractivity contribution < 1.29 is 9.53 Å². The van der Waals surface area contributed by atoms with E-state index in [2.05, 4.69) is 20.2 Å². The molecule has 0 radical (unpaired) electrons. The highest BCUT2D eigenvalue weighted by Crippen LogP contribution is 2.18. The minimum Gasteiger partial charge on any atom is -0.444 e. The van der Waals surface area contributed by atoms with Gasteiger partial charge in [-0.15, -0.1) is 0 Å². The third-order valence-corrected chi connectivity index (χ3v) is 3.79. The van der Waals surface area contributed by atoms with E-state index in [1.807, 2.05) is 26.8 Å². The molecule has 2 heterocycles. The molecule has 7 heteroatoms. The number of hydrogen-bond acceptors (Lipinski definition) is 5. The Labute approximate surface area is 142 Å². The molecule has 1 aromatic heterocycles. The molecular formula is C16H25ClN4O2. The highest BCUT2D eigenvalue weighted by molar-refractivity contribution is 6.28. The van der Waals surface area contributed by atoms with Crippen LogP contribution >= 0.6 is 11.6 Å². The SMILES string of the molecule is CC(C)(C)OC(=O)NCC1CCCN(Cc2ccnc(Cl)n2)C1. The lowest BCUT2D eigenvalue weighted by Crippen LogP contribution is -2.42. The summed E-state index contributed by atoms with van der Waals surface area (Å²) in [5.74, 6) is 0.425. The molecule has 23 heavy (non-hydrogen) atoms. The monoisotopic (exact) mass is 340 g/mol. The number of aromatic nitrogens is 2. The number of piperidine rings is 1. The molecule has 0 aromatic carbocycles. The number of rotatable bonds is 4. The van der Waals surface area contributed by atoms with Gasteiger partial charge in [-0.3, -0.25) is 4.90 Å². The van der Waals surface area contributed by atoms with Crippen molar-refractivity contribution in [2.75, 3.05) is 19.6 Å². The largest absolute Gasteiger partial charge is 0.444 e. The van der Waals surface area contributed by atoms with Gasteiger partial charge in [-0.1, -0.05) is 0 Å². The van der Waals surface area contributed by atoms with Gasteiger partial charge in [-0.05, 0) is 63.7 Å². The highest BCUT2D eigenvalue weighted by atomic mass is 35.5. The van der Waals surface area contributed by atoms with E-state index in [0.717, 1.165) is 38.2 Å². The Morgan fingerprint density at radius 3 is 3.00 bits per heavy atom. The van der Waals surface area contributed by atoms with E-state index >= 15 is 0 Å². The van der Waals surface area contributed by atoms with Gasteiger partial charge in [0.25, 0.3) is 0 Å². The molecule has 1 fully saturated rings. The van der Waals surface area contributed by atoms with Crippen LogP contribution < -0.4 is 5.32 Å². The van der Waals surface area contributed by atoms with Crippen LogP contribution in [0, 0.1) is 5.92 Å². The third kappa shape index (κ3) is 6.71.